The molecule has 0 saturated carbocycles. The minimum absolute atomic E-state index is 0.153. The van der Waals surface area contributed by atoms with Gasteiger partial charge in [0.1, 0.15) is 85.5 Å². The average Bonchev–Trinajstić information content (AvgIpc) is 0.760. The Bertz CT molecular complexity index is 2300. The Hall–Kier alpha value is -3.79. The Morgan fingerprint density at radius 1 is 0.562 bits per heavy atom. The van der Waals surface area contributed by atoms with E-state index in [9.17, 15) is 106 Å². The first-order valence-electron chi connectivity index (χ1n) is 34.2. The van der Waals surface area contributed by atoms with Gasteiger partial charge in [-0.3, -0.25) is 14.4 Å². The van der Waals surface area contributed by atoms with Gasteiger partial charge in [0, 0.05) is 33.1 Å². The van der Waals surface area contributed by atoms with E-state index in [0.29, 0.717) is 12.8 Å². The number of aliphatic carboxylic acids is 2. The zero-order chi connectivity index (χ0) is 71.3. The van der Waals surface area contributed by atoms with Crippen molar-refractivity contribution in [3.8, 4) is 0 Å². The van der Waals surface area contributed by atoms with E-state index in [2.05, 4.69) is 29.8 Å². The van der Waals surface area contributed by atoms with Crippen LogP contribution in [0.4, 0.5) is 0 Å². The average molecular weight is 1390 g/mol. The molecule has 4 aliphatic rings. The Labute approximate surface area is 560 Å². The summed E-state index contributed by atoms with van der Waals surface area (Å²) in [6.07, 6.45) is -16.4. The first-order valence-corrected chi connectivity index (χ1v) is 34.2. The number of hydrogen-bond acceptors (Lipinski definition) is 27. The van der Waals surface area contributed by atoms with E-state index < -0.39 is 216 Å². The van der Waals surface area contributed by atoms with Crippen molar-refractivity contribution in [2.75, 3.05) is 33.0 Å². The summed E-state index contributed by atoms with van der Waals surface area (Å²) in [4.78, 5) is 64.7. The molecule has 24 unspecified atom stereocenters. The summed E-state index contributed by atoms with van der Waals surface area (Å²) in [6, 6.07) is -4.72. The Balaban J connectivity index is 1.54. The highest BCUT2D eigenvalue weighted by Gasteiger charge is 2.62. The lowest BCUT2D eigenvalue weighted by Crippen LogP contribution is -2.72. The van der Waals surface area contributed by atoms with Gasteiger partial charge in [0.25, 0.3) is 11.6 Å². The van der Waals surface area contributed by atoms with Crippen LogP contribution < -0.4 is 16.0 Å². The molecule has 96 heavy (non-hydrogen) atoms. The highest BCUT2D eigenvalue weighted by molar-refractivity contribution is 5.78. The van der Waals surface area contributed by atoms with Crippen molar-refractivity contribution < 1.29 is 144 Å². The van der Waals surface area contributed by atoms with Gasteiger partial charge in [0.2, 0.25) is 17.7 Å². The van der Waals surface area contributed by atoms with Crippen LogP contribution in [0.25, 0.3) is 0 Å². The molecule has 32 nitrogen and oxygen atoms in total. The molecular formula is C64H113N3O29. The summed E-state index contributed by atoms with van der Waals surface area (Å²) < 4.78 is 46.3. The monoisotopic (exact) mass is 1390 g/mol. The second-order valence-electron chi connectivity index (χ2n) is 25.8. The number of aliphatic hydroxyl groups is 14. The molecule has 558 valence electrons. The molecule has 4 heterocycles. The van der Waals surface area contributed by atoms with E-state index in [-0.39, 0.29) is 12.3 Å². The summed E-state index contributed by atoms with van der Waals surface area (Å²) in [5, 5.41) is 184. The van der Waals surface area contributed by atoms with Crippen molar-refractivity contribution in [3.63, 3.8) is 0 Å². The molecule has 4 fully saturated rings. The van der Waals surface area contributed by atoms with Gasteiger partial charge < -0.3 is 136 Å². The van der Waals surface area contributed by atoms with Gasteiger partial charge in [-0.25, -0.2) is 9.59 Å². The fraction of sp³-hybridized carbons (Fsp3) is 0.891. The summed E-state index contributed by atoms with van der Waals surface area (Å²) in [5.74, 6) is -13.1. The van der Waals surface area contributed by atoms with E-state index >= 15 is 0 Å². The van der Waals surface area contributed by atoms with Crippen LogP contribution in [0.1, 0.15) is 182 Å². The molecule has 4 aliphatic heterocycles. The molecule has 4 rings (SSSR count). The maximum Gasteiger partial charge on any atom is 0.364 e. The van der Waals surface area contributed by atoms with Gasteiger partial charge in [0.05, 0.1) is 69.5 Å². The third-order valence-electron chi connectivity index (χ3n) is 18.0. The lowest BCUT2D eigenvalue weighted by atomic mass is 9.87. The minimum Gasteiger partial charge on any atom is -0.477 e. The van der Waals surface area contributed by atoms with E-state index in [1.807, 2.05) is 6.08 Å². The Morgan fingerprint density at radius 2 is 1.04 bits per heavy atom. The Morgan fingerprint density at radius 3 is 1.53 bits per heavy atom. The molecule has 4 saturated heterocycles. The van der Waals surface area contributed by atoms with Gasteiger partial charge >= 0.3 is 11.9 Å². The van der Waals surface area contributed by atoms with Crippen LogP contribution in [-0.2, 0) is 61.9 Å². The SMILES string of the molecule is CCCCCCCCCCCCCC=CC(O)C(COC1OC(CO)C(OC2OC(CO)C(O)C(OC3(C(=O)O)CC(O)C(NC(C)=O)C(C(O)C(CO)OC4(C(=O)O)CC(O)C(NC(C)=O)C(C(O)C(O)CO)O4)O3)C2O)C(O)C1O)NC(=O)CCCCCCCCCCC. The van der Waals surface area contributed by atoms with Crippen LogP contribution >= 0.6 is 0 Å². The van der Waals surface area contributed by atoms with Gasteiger partial charge in [-0.15, -0.1) is 0 Å². The topological polar surface area (TPSA) is 519 Å². The number of aliphatic hydroxyl groups excluding tert-OH is 14. The number of carbonyl (C=O) groups excluding carboxylic acids is 3. The molecule has 0 aromatic rings. The zero-order valence-electron chi connectivity index (χ0n) is 55.8. The molecule has 0 aliphatic carbocycles. The normalized spacial score (nSPS) is 33.0. The molecule has 3 amide bonds. The number of ether oxygens (including phenoxy) is 8. The number of rotatable bonds is 46. The molecule has 24 atom stereocenters. The second kappa shape index (κ2) is 43.1. The van der Waals surface area contributed by atoms with Crippen LogP contribution in [0.5, 0.6) is 0 Å². The second-order valence-corrected chi connectivity index (χ2v) is 25.8. The van der Waals surface area contributed by atoms with Crippen LogP contribution in [0.15, 0.2) is 12.2 Å². The largest absolute Gasteiger partial charge is 0.477 e. The summed E-state index contributed by atoms with van der Waals surface area (Å²) >= 11 is 0. The van der Waals surface area contributed by atoms with E-state index in [0.717, 1.165) is 78.1 Å². The van der Waals surface area contributed by atoms with E-state index in [1.165, 1.54) is 57.8 Å². The highest BCUT2D eigenvalue weighted by atomic mass is 16.8. The fourth-order valence-electron chi connectivity index (χ4n) is 12.5. The highest BCUT2D eigenvalue weighted by Crippen LogP contribution is 2.41. The number of unbranched alkanes of at least 4 members (excludes halogenated alkanes) is 19. The van der Waals surface area contributed by atoms with Crippen molar-refractivity contribution >= 4 is 29.7 Å². The quantitative estimate of drug-likeness (QED) is 0.0231. The molecule has 32 heteroatoms. The molecule has 0 radical (unpaired) electrons. The number of carbonyl (C=O) groups is 5. The number of nitrogens with one attached hydrogen (secondary N) is 3. The maximum absolute atomic E-state index is 13.5. The third kappa shape index (κ3) is 25.1. The van der Waals surface area contributed by atoms with Crippen LogP contribution in [0.3, 0.4) is 0 Å². The number of hydrogen-bond donors (Lipinski definition) is 19. The van der Waals surface area contributed by atoms with Crippen LogP contribution in [0.2, 0.25) is 0 Å². The van der Waals surface area contributed by atoms with Crippen molar-refractivity contribution in [3.05, 3.63) is 12.2 Å². The summed E-state index contributed by atoms with van der Waals surface area (Å²) in [6.45, 7) is 1.03. The smallest absolute Gasteiger partial charge is 0.364 e. The fourth-order valence-corrected chi connectivity index (χ4v) is 12.5. The number of allylic oxidation sites excluding steroid dienone is 1. The Kier molecular flexibility index (Phi) is 38.0. The number of carboxylic acid groups (broad SMARTS) is 2. The molecule has 0 aromatic carbocycles. The van der Waals surface area contributed by atoms with Crippen LogP contribution in [0, 0.1) is 0 Å². The summed E-state index contributed by atoms with van der Waals surface area (Å²) in [5.41, 5.74) is 0. The zero-order valence-corrected chi connectivity index (χ0v) is 55.8. The van der Waals surface area contributed by atoms with Gasteiger partial charge in [0.15, 0.2) is 12.6 Å². The summed E-state index contributed by atoms with van der Waals surface area (Å²) in [7, 11) is 0. The molecule has 0 spiro atoms. The predicted octanol–water partition coefficient (Wildman–Crippen LogP) is -2.00. The van der Waals surface area contributed by atoms with Crippen molar-refractivity contribution in [1.82, 2.24) is 16.0 Å². The van der Waals surface area contributed by atoms with Crippen molar-refractivity contribution in [1.29, 1.82) is 0 Å². The van der Waals surface area contributed by atoms with Gasteiger partial charge in [-0.1, -0.05) is 142 Å². The predicted molar refractivity (Wildman–Crippen MR) is 335 cm³/mol. The molecule has 0 aromatic heterocycles. The van der Waals surface area contributed by atoms with E-state index in [1.54, 1.807) is 6.08 Å². The lowest BCUT2D eigenvalue weighted by molar-refractivity contribution is -0.388. The maximum atomic E-state index is 13.5. The molecule has 0 bridgehead atoms. The van der Waals surface area contributed by atoms with Gasteiger partial charge in [-0.05, 0) is 19.3 Å². The molecular weight excluding hydrogens is 1270 g/mol. The first kappa shape index (κ1) is 84.6. The van der Waals surface area contributed by atoms with Gasteiger partial charge in [-0.2, -0.15) is 0 Å². The van der Waals surface area contributed by atoms with Crippen molar-refractivity contribution in [2.45, 2.75) is 328 Å². The first-order chi connectivity index (χ1) is 45.7. The lowest BCUT2D eigenvalue weighted by Gasteiger charge is -2.51. The van der Waals surface area contributed by atoms with Crippen LogP contribution in [-0.4, -0.2) is 290 Å². The minimum atomic E-state index is -3.39. The van der Waals surface area contributed by atoms with E-state index in [4.69, 9.17) is 37.9 Å². The third-order valence-corrected chi connectivity index (χ3v) is 18.0. The van der Waals surface area contributed by atoms with Crippen molar-refractivity contribution in [2.24, 2.45) is 0 Å². The molecule has 19 N–H and O–H groups in total. The number of carboxylic acids is 2. The standard InChI is InChI=1S/C64H113N3O29/c1-5-7-9-11-13-15-16-17-18-20-21-23-25-27-39(74)38(67-46(78)28-26-24-22-19-14-12-10-8-6-2)35-89-59-53(83)52(82)55(45(34-71)91-59)92-60-54(84)58(50(80)43(32-69)90-60)96-64(62(87)88)30-41(76)48(66-37(4)73)57(95-64)51(81)44(33-70)93-63(61(85)86)29-40(75)47(65-36(3)72)56(94-63)49(79)42(77)31-68/h25,27,38-45,47-60,68-71,74-77,79-84H,5-24,26,28-35H2,1-4H3,(H,65,72)(H,66,73)(H,67,78)(H,85,86)(H,87,88). The number of amides is 3.